The first kappa shape index (κ1) is 21.4. The van der Waals surface area contributed by atoms with Gasteiger partial charge in [-0.25, -0.2) is 13.2 Å². The molecule has 28 heavy (non-hydrogen) atoms. The summed E-state index contributed by atoms with van der Waals surface area (Å²) in [4.78, 5) is 36.9. The van der Waals surface area contributed by atoms with Crippen LogP contribution in [0.4, 0.5) is 5.69 Å². The minimum absolute atomic E-state index is 0.0600. The zero-order valence-corrected chi connectivity index (χ0v) is 16.4. The number of hydrogen-bond donors (Lipinski definition) is 3. The van der Waals surface area contributed by atoms with Crippen LogP contribution in [0.2, 0.25) is 0 Å². The molecule has 0 aliphatic carbocycles. The number of aryl methyl sites for hydroxylation is 2. The van der Waals surface area contributed by atoms with Crippen molar-refractivity contribution in [1.29, 1.82) is 0 Å². The second-order valence-corrected chi connectivity index (χ2v) is 8.79. The van der Waals surface area contributed by atoms with E-state index >= 15 is 0 Å². The summed E-state index contributed by atoms with van der Waals surface area (Å²) in [6.45, 7) is 4.64. The number of nitrogens with one attached hydrogen (secondary N) is 2. The van der Waals surface area contributed by atoms with Gasteiger partial charge in [0, 0.05) is 17.9 Å². The minimum atomic E-state index is -3.80. The molecule has 1 heterocycles. The number of carboxylic acids is 1. The molecule has 0 fully saturated rings. The fourth-order valence-corrected chi connectivity index (χ4v) is 3.40. The summed E-state index contributed by atoms with van der Waals surface area (Å²) >= 11 is 0. The smallest absolute Gasteiger partial charge is 0.352 e. The molecule has 11 heteroatoms. The summed E-state index contributed by atoms with van der Waals surface area (Å²) in [5.41, 5.74) is 0.409. The molecule has 152 valence electrons. The van der Waals surface area contributed by atoms with Crippen LogP contribution in [0.3, 0.4) is 0 Å². The van der Waals surface area contributed by atoms with Crippen molar-refractivity contribution in [2.24, 2.45) is 0 Å². The predicted molar refractivity (Wildman–Crippen MR) is 102 cm³/mol. The van der Waals surface area contributed by atoms with Gasteiger partial charge < -0.3 is 10.1 Å². The van der Waals surface area contributed by atoms with E-state index in [0.29, 0.717) is 17.4 Å². The number of non-ortho nitro benzene ring substituents is 1. The molecule has 1 aromatic carbocycles. The van der Waals surface area contributed by atoms with Crippen LogP contribution < -0.4 is 4.72 Å². The van der Waals surface area contributed by atoms with Crippen LogP contribution in [0.25, 0.3) is 10.9 Å². The molecule has 0 atom stereocenters. The van der Waals surface area contributed by atoms with Crippen LogP contribution in [-0.4, -0.2) is 40.6 Å². The summed E-state index contributed by atoms with van der Waals surface area (Å²) in [7, 11) is -3.80. The third kappa shape index (κ3) is 4.30. The molecule has 10 nitrogen and oxygen atoms in total. The molecule has 0 radical (unpaired) electrons. The third-order valence-corrected chi connectivity index (χ3v) is 6.11. The van der Waals surface area contributed by atoms with Crippen molar-refractivity contribution < 1.29 is 28.0 Å². The SMILES string of the molecule is CCc1cc([N+](=O)[O-])c2[nH]c(C(=O)O)c(CCC(=O)NS(=O)(=O)C(C)C)c2c1. The number of aromatic nitrogens is 1. The summed E-state index contributed by atoms with van der Waals surface area (Å²) in [5.74, 6) is -2.10. The van der Waals surface area contributed by atoms with E-state index in [2.05, 4.69) is 4.98 Å². The van der Waals surface area contributed by atoms with Crippen molar-refractivity contribution in [3.63, 3.8) is 0 Å². The summed E-state index contributed by atoms with van der Waals surface area (Å²) in [6.07, 6.45) is 0.117. The fourth-order valence-electron chi connectivity index (χ4n) is 2.75. The maximum Gasteiger partial charge on any atom is 0.352 e. The molecule has 0 aliphatic heterocycles. The molecule has 0 aliphatic rings. The Kier molecular flexibility index (Phi) is 6.07. The number of nitro groups is 1. The lowest BCUT2D eigenvalue weighted by Gasteiger charge is -2.09. The number of aromatic amines is 1. The van der Waals surface area contributed by atoms with E-state index in [1.165, 1.54) is 19.9 Å². The Balaban J connectivity index is 2.46. The van der Waals surface area contributed by atoms with E-state index in [1.807, 2.05) is 4.72 Å². The number of hydrogen-bond acceptors (Lipinski definition) is 6. The second-order valence-electron chi connectivity index (χ2n) is 6.55. The van der Waals surface area contributed by atoms with Crippen LogP contribution in [0.5, 0.6) is 0 Å². The van der Waals surface area contributed by atoms with E-state index in [9.17, 15) is 33.2 Å². The highest BCUT2D eigenvalue weighted by atomic mass is 32.2. The lowest BCUT2D eigenvalue weighted by atomic mass is 10.0. The Labute approximate surface area is 161 Å². The summed E-state index contributed by atoms with van der Waals surface area (Å²) in [5, 5.41) is 20.4. The van der Waals surface area contributed by atoms with Gasteiger partial charge in [0.25, 0.3) is 5.69 Å². The van der Waals surface area contributed by atoms with Gasteiger partial charge in [0.05, 0.1) is 10.2 Å². The topological polar surface area (TPSA) is 159 Å². The normalized spacial score (nSPS) is 11.7. The lowest BCUT2D eigenvalue weighted by molar-refractivity contribution is -0.383. The number of sulfonamides is 1. The van der Waals surface area contributed by atoms with Crippen LogP contribution in [0.1, 0.15) is 48.8 Å². The number of carbonyl (C=O) groups excluding carboxylic acids is 1. The Morgan fingerprint density at radius 2 is 1.96 bits per heavy atom. The highest BCUT2D eigenvalue weighted by molar-refractivity contribution is 7.90. The van der Waals surface area contributed by atoms with Crippen molar-refractivity contribution >= 4 is 38.5 Å². The summed E-state index contributed by atoms with van der Waals surface area (Å²) < 4.78 is 25.5. The molecule has 0 unspecified atom stereocenters. The minimum Gasteiger partial charge on any atom is -0.477 e. The van der Waals surface area contributed by atoms with Gasteiger partial charge in [0.1, 0.15) is 11.2 Å². The Morgan fingerprint density at radius 3 is 2.46 bits per heavy atom. The quantitative estimate of drug-likeness (QED) is 0.443. The van der Waals surface area contributed by atoms with E-state index in [1.54, 1.807) is 13.0 Å². The van der Waals surface area contributed by atoms with Crippen LogP contribution in [0.15, 0.2) is 12.1 Å². The molecule has 1 amide bonds. The Hall–Kier alpha value is -2.95. The van der Waals surface area contributed by atoms with Crippen molar-refractivity contribution in [1.82, 2.24) is 9.71 Å². The van der Waals surface area contributed by atoms with E-state index in [-0.39, 0.29) is 35.3 Å². The molecular formula is C17H21N3O7S. The van der Waals surface area contributed by atoms with Gasteiger partial charge >= 0.3 is 5.97 Å². The van der Waals surface area contributed by atoms with Crippen LogP contribution in [-0.2, 0) is 27.7 Å². The predicted octanol–water partition coefficient (Wildman–Crippen LogP) is 2.12. The molecule has 0 saturated carbocycles. The van der Waals surface area contributed by atoms with Crippen LogP contribution >= 0.6 is 0 Å². The number of carboxylic acid groups (broad SMARTS) is 1. The number of amides is 1. The molecule has 1 aromatic heterocycles. The number of nitrogens with zero attached hydrogens (tertiary/aromatic N) is 1. The Bertz CT molecular complexity index is 1050. The first-order chi connectivity index (χ1) is 13.0. The van der Waals surface area contributed by atoms with Gasteiger partial charge in [-0.15, -0.1) is 0 Å². The molecule has 0 bridgehead atoms. The fraction of sp³-hybridized carbons (Fsp3) is 0.412. The zero-order chi connectivity index (χ0) is 21.2. The largest absolute Gasteiger partial charge is 0.477 e. The van der Waals surface area contributed by atoms with Gasteiger partial charge in [0.2, 0.25) is 15.9 Å². The van der Waals surface area contributed by atoms with Crippen molar-refractivity contribution in [3.05, 3.63) is 39.1 Å². The summed E-state index contributed by atoms with van der Waals surface area (Å²) in [6, 6.07) is 3.01. The number of carbonyl (C=O) groups is 2. The van der Waals surface area contributed by atoms with Gasteiger partial charge in [0.15, 0.2) is 0 Å². The van der Waals surface area contributed by atoms with Crippen molar-refractivity contribution in [3.8, 4) is 0 Å². The number of nitro benzene ring substituents is 1. The third-order valence-electron chi connectivity index (χ3n) is 4.35. The molecule has 2 rings (SSSR count). The maximum atomic E-state index is 12.0. The molecule has 0 saturated heterocycles. The highest BCUT2D eigenvalue weighted by Crippen LogP contribution is 2.32. The van der Waals surface area contributed by atoms with E-state index in [0.717, 1.165) is 0 Å². The van der Waals surface area contributed by atoms with Crippen LogP contribution in [0, 0.1) is 10.1 Å². The van der Waals surface area contributed by atoms with Gasteiger partial charge in [-0.05, 0) is 43.9 Å². The standard InChI is InChI=1S/C17H21N3O7S/c1-4-10-7-12-11(5-6-14(21)19-28(26,27)9(2)3)16(17(22)23)18-15(12)13(8-10)20(24)25/h7-9,18H,4-6H2,1-3H3,(H,19,21)(H,22,23). The number of benzene rings is 1. The highest BCUT2D eigenvalue weighted by Gasteiger charge is 2.25. The average Bonchev–Trinajstić information content (AvgIpc) is 2.97. The number of aromatic carboxylic acids is 1. The first-order valence-electron chi connectivity index (χ1n) is 8.57. The second kappa shape index (κ2) is 7.97. The van der Waals surface area contributed by atoms with Gasteiger partial charge in [-0.2, -0.15) is 0 Å². The first-order valence-corrected chi connectivity index (χ1v) is 10.1. The number of rotatable bonds is 8. The Morgan fingerprint density at radius 1 is 1.32 bits per heavy atom. The maximum absolute atomic E-state index is 12.0. The molecule has 0 spiro atoms. The number of fused-ring (bicyclic) bond motifs is 1. The molecular weight excluding hydrogens is 390 g/mol. The van der Waals surface area contributed by atoms with Gasteiger partial charge in [-0.3, -0.25) is 19.6 Å². The van der Waals surface area contributed by atoms with Crippen molar-refractivity contribution in [2.45, 2.75) is 45.3 Å². The zero-order valence-electron chi connectivity index (χ0n) is 15.6. The van der Waals surface area contributed by atoms with E-state index in [4.69, 9.17) is 0 Å². The number of H-pyrrole nitrogens is 1. The molecule has 3 N–H and O–H groups in total. The lowest BCUT2D eigenvalue weighted by Crippen LogP contribution is -2.35. The van der Waals surface area contributed by atoms with Gasteiger partial charge in [-0.1, -0.05) is 6.92 Å². The van der Waals surface area contributed by atoms with E-state index < -0.39 is 32.1 Å². The molecule has 2 aromatic rings. The average molecular weight is 411 g/mol. The van der Waals surface area contributed by atoms with Crippen molar-refractivity contribution in [2.75, 3.05) is 0 Å². The monoisotopic (exact) mass is 411 g/mol.